The summed E-state index contributed by atoms with van der Waals surface area (Å²) in [6, 6.07) is 3.69. The maximum Gasteiger partial charge on any atom is 0.231 e. The van der Waals surface area contributed by atoms with E-state index in [0.717, 1.165) is 21.5 Å². The first-order chi connectivity index (χ1) is 6.31. The fraction of sp³-hybridized carbons (Fsp3) is 0.250. The number of hydrogen-bond donors (Lipinski definition) is 1. The maximum absolute atomic E-state index is 5.20. The first kappa shape index (κ1) is 8.80. The molecule has 0 aliphatic carbocycles. The van der Waals surface area contributed by atoms with Crippen LogP contribution in [0.2, 0.25) is 0 Å². The molecular weight excluding hydrogens is 238 g/mol. The molecule has 70 valence electrons. The summed E-state index contributed by atoms with van der Waals surface area (Å²) in [5.41, 5.74) is 0.937. The molecule has 0 spiro atoms. The summed E-state index contributed by atoms with van der Waals surface area (Å²) in [6.07, 6.45) is 0. The van der Waals surface area contributed by atoms with Crippen LogP contribution in [-0.4, -0.2) is 6.79 Å². The molecule has 2 rings (SSSR count). The van der Waals surface area contributed by atoms with E-state index < -0.39 is 0 Å². The average molecular weight is 246 g/mol. The molecule has 0 saturated carbocycles. The molecule has 0 atom stereocenters. The second-order valence-electron chi connectivity index (χ2n) is 2.61. The number of hydrogen-bond acceptors (Lipinski definition) is 4. The maximum atomic E-state index is 5.20. The van der Waals surface area contributed by atoms with E-state index in [2.05, 4.69) is 20.8 Å². The monoisotopic (exact) mass is 245 g/mol. The van der Waals surface area contributed by atoms with E-state index in [9.17, 15) is 0 Å². The third-order valence-corrected chi connectivity index (χ3v) is 2.52. The lowest BCUT2D eigenvalue weighted by molar-refractivity contribution is 0.123. The highest BCUT2D eigenvalue weighted by Gasteiger charge is 2.15. The van der Waals surface area contributed by atoms with Crippen LogP contribution in [0.25, 0.3) is 0 Å². The molecule has 5 heteroatoms. The predicted octanol–water partition coefficient (Wildman–Crippen LogP) is 1.57. The van der Waals surface area contributed by atoms with Gasteiger partial charge in [-0.15, -0.1) is 0 Å². The van der Waals surface area contributed by atoms with E-state index in [1.165, 1.54) is 0 Å². The van der Waals surface area contributed by atoms with Crippen LogP contribution in [0.4, 0.5) is 0 Å². The molecular formula is C8H8BrNO3. The van der Waals surface area contributed by atoms with Gasteiger partial charge in [0.2, 0.25) is 6.79 Å². The van der Waals surface area contributed by atoms with Crippen LogP contribution in [-0.2, 0) is 11.4 Å². The molecule has 0 fully saturated rings. The van der Waals surface area contributed by atoms with Crippen molar-refractivity contribution in [2.24, 2.45) is 5.90 Å². The van der Waals surface area contributed by atoms with Crippen molar-refractivity contribution in [3.63, 3.8) is 0 Å². The van der Waals surface area contributed by atoms with Crippen LogP contribution in [0.5, 0.6) is 11.5 Å². The van der Waals surface area contributed by atoms with Crippen LogP contribution in [0, 0.1) is 0 Å². The lowest BCUT2D eigenvalue weighted by Gasteiger charge is -2.04. The van der Waals surface area contributed by atoms with Gasteiger partial charge in [-0.05, 0) is 17.7 Å². The van der Waals surface area contributed by atoms with E-state index in [4.69, 9.17) is 15.4 Å². The summed E-state index contributed by atoms with van der Waals surface area (Å²) in [6.45, 7) is 0.617. The molecule has 1 aromatic carbocycles. The zero-order chi connectivity index (χ0) is 9.26. The van der Waals surface area contributed by atoms with E-state index in [-0.39, 0.29) is 6.79 Å². The standard InChI is InChI=1S/C8H8BrNO3/c9-6-2-8-7(11-4-12-8)1-5(6)3-13-10/h1-2H,3-4,10H2. The van der Waals surface area contributed by atoms with E-state index in [1.54, 1.807) is 0 Å². The van der Waals surface area contributed by atoms with Crippen LogP contribution < -0.4 is 15.4 Å². The fourth-order valence-electron chi connectivity index (χ4n) is 1.16. The highest BCUT2D eigenvalue weighted by Crippen LogP contribution is 2.36. The molecule has 0 unspecified atom stereocenters. The number of benzene rings is 1. The fourth-order valence-corrected chi connectivity index (χ4v) is 1.60. The Labute approximate surface area is 83.7 Å². The number of nitrogens with two attached hydrogens (primary N) is 1. The quantitative estimate of drug-likeness (QED) is 0.804. The molecule has 13 heavy (non-hydrogen) atoms. The summed E-state index contributed by atoms with van der Waals surface area (Å²) in [5, 5.41) is 0. The largest absolute Gasteiger partial charge is 0.454 e. The van der Waals surface area contributed by atoms with E-state index in [0.29, 0.717) is 6.61 Å². The molecule has 1 heterocycles. The topological polar surface area (TPSA) is 53.7 Å². The van der Waals surface area contributed by atoms with Crippen molar-refractivity contribution in [1.82, 2.24) is 0 Å². The van der Waals surface area contributed by atoms with Gasteiger partial charge in [0.05, 0.1) is 6.61 Å². The SMILES string of the molecule is NOCc1cc2c(cc1Br)OCO2. The molecule has 1 aliphatic heterocycles. The van der Waals surface area contributed by atoms with Crippen LogP contribution in [0.3, 0.4) is 0 Å². The van der Waals surface area contributed by atoms with Crippen molar-refractivity contribution in [2.75, 3.05) is 6.79 Å². The van der Waals surface area contributed by atoms with Gasteiger partial charge in [0, 0.05) is 4.47 Å². The van der Waals surface area contributed by atoms with Gasteiger partial charge in [-0.25, -0.2) is 5.90 Å². The number of fused-ring (bicyclic) bond motifs is 1. The molecule has 1 aromatic rings. The molecule has 1 aliphatic rings. The molecule has 0 aromatic heterocycles. The van der Waals surface area contributed by atoms with Gasteiger partial charge in [-0.3, -0.25) is 4.84 Å². The molecule has 0 saturated heterocycles. The summed E-state index contributed by atoms with van der Waals surface area (Å²) in [5.74, 6) is 6.46. The molecule has 0 radical (unpaired) electrons. The minimum absolute atomic E-state index is 0.273. The van der Waals surface area contributed by atoms with Crippen molar-refractivity contribution >= 4 is 15.9 Å². The van der Waals surface area contributed by atoms with Gasteiger partial charge < -0.3 is 9.47 Å². The van der Waals surface area contributed by atoms with Crippen molar-refractivity contribution < 1.29 is 14.3 Å². The first-order valence-electron chi connectivity index (χ1n) is 3.71. The number of rotatable bonds is 2. The zero-order valence-corrected chi connectivity index (χ0v) is 8.33. The normalized spacial score (nSPS) is 13.4. The summed E-state index contributed by atoms with van der Waals surface area (Å²) >= 11 is 3.38. The highest BCUT2D eigenvalue weighted by molar-refractivity contribution is 9.10. The third kappa shape index (κ3) is 1.63. The minimum atomic E-state index is 0.273. The van der Waals surface area contributed by atoms with Crippen LogP contribution in [0.15, 0.2) is 16.6 Å². The molecule has 0 amide bonds. The van der Waals surface area contributed by atoms with Gasteiger partial charge in [0.15, 0.2) is 11.5 Å². The number of halogens is 1. The predicted molar refractivity (Wildman–Crippen MR) is 49.2 cm³/mol. The minimum Gasteiger partial charge on any atom is -0.454 e. The van der Waals surface area contributed by atoms with Gasteiger partial charge in [-0.2, -0.15) is 0 Å². The Bertz CT molecular complexity index is 329. The van der Waals surface area contributed by atoms with Crippen molar-refractivity contribution in [2.45, 2.75) is 6.61 Å². The second-order valence-corrected chi connectivity index (χ2v) is 3.46. The van der Waals surface area contributed by atoms with Gasteiger partial charge >= 0.3 is 0 Å². The average Bonchev–Trinajstić information content (AvgIpc) is 2.52. The van der Waals surface area contributed by atoms with Gasteiger partial charge in [-0.1, -0.05) is 15.9 Å². The Morgan fingerprint density at radius 2 is 2.08 bits per heavy atom. The zero-order valence-electron chi connectivity index (χ0n) is 6.75. The van der Waals surface area contributed by atoms with Gasteiger partial charge in [0.1, 0.15) is 0 Å². The number of ether oxygens (including phenoxy) is 2. The Morgan fingerprint density at radius 1 is 1.38 bits per heavy atom. The lowest BCUT2D eigenvalue weighted by Crippen LogP contribution is -1.99. The lowest BCUT2D eigenvalue weighted by atomic mass is 10.2. The molecule has 4 nitrogen and oxygen atoms in total. The van der Waals surface area contributed by atoms with Crippen LogP contribution in [0.1, 0.15) is 5.56 Å². The highest BCUT2D eigenvalue weighted by atomic mass is 79.9. The molecule has 0 bridgehead atoms. The summed E-state index contributed by atoms with van der Waals surface area (Å²) in [7, 11) is 0. The van der Waals surface area contributed by atoms with Crippen molar-refractivity contribution in [1.29, 1.82) is 0 Å². The van der Waals surface area contributed by atoms with Crippen LogP contribution >= 0.6 is 15.9 Å². The van der Waals surface area contributed by atoms with Gasteiger partial charge in [0.25, 0.3) is 0 Å². The first-order valence-corrected chi connectivity index (χ1v) is 4.50. The third-order valence-electron chi connectivity index (χ3n) is 1.78. The Balaban J connectivity index is 2.37. The Morgan fingerprint density at radius 3 is 2.77 bits per heavy atom. The molecule has 2 N–H and O–H groups in total. The Kier molecular flexibility index (Phi) is 2.39. The summed E-state index contributed by atoms with van der Waals surface area (Å²) < 4.78 is 11.3. The van der Waals surface area contributed by atoms with Crippen molar-refractivity contribution in [3.8, 4) is 11.5 Å². The van der Waals surface area contributed by atoms with E-state index >= 15 is 0 Å². The van der Waals surface area contributed by atoms with Crippen molar-refractivity contribution in [3.05, 3.63) is 22.2 Å². The summed E-state index contributed by atoms with van der Waals surface area (Å²) in [4.78, 5) is 4.54. The Hall–Kier alpha value is -0.780. The smallest absolute Gasteiger partial charge is 0.231 e. The van der Waals surface area contributed by atoms with E-state index in [1.807, 2.05) is 12.1 Å². The second kappa shape index (κ2) is 3.53.